The Balaban J connectivity index is 1.95. The van der Waals surface area contributed by atoms with Gasteiger partial charge in [0.05, 0.1) is 11.3 Å². The number of hydrogen-bond acceptors (Lipinski definition) is 4. The van der Waals surface area contributed by atoms with Gasteiger partial charge in [-0.1, -0.05) is 0 Å². The number of nitrogens with zero attached hydrogens (tertiary/aromatic N) is 1. The summed E-state index contributed by atoms with van der Waals surface area (Å²) in [5.41, 5.74) is 5.79. The molecule has 0 spiro atoms. The van der Waals surface area contributed by atoms with Gasteiger partial charge >= 0.3 is 0 Å². The lowest BCUT2D eigenvalue weighted by molar-refractivity contribution is -0.0202. The van der Waals surface area contributed by atoms with Crippen molar-refractivity contribution in [2.24, 2.45) is 0 Å². The Morgan fingerprint density at radius 3 is 2.93 bits per heavy atom. The lowest BCUT2D eigenvalue weighted by Crippen LogP contribution is -2.43. The Morgan fingerprint density at radius 2 is 2.36 bits per heavy atom. The number of nitrogens with two attached hydrogens (primary N) is 1. The van der Waals surface area contributed by atoms with Gasteiger partial charge in [-0.15, -0.1) is 0 Å². The van der Waals surface area contributed by atoms with E-state index in [2.05, 4.69) is 10.3 Å². The summed E-state index contributed by atoms with van der Waals surface area (Å²) in [5.74, 6) is 0.660. The van der Waals surface area contributed by atoms with Crippen LogP contribution in [0.3, 0.4) is 0 Å². The first-order valence-corrected chi connectivity index (χ1v) is 4.86. The van der Waals surface area contributed by atoms with E-state index in [4.69, 9.17) is 5.73 Å². The van der Waals surface area contributed by atoms with Gasteiger partial charge in [-0.2, -0.15) is 0 Å². The van der Waals surface area contributed by atoms with Crippen molar-refractivity contribution in [3.8, 4) is 0 Å². The highest BCUT2D eigenvalue weighted by Crippen LogP contribution is 2.31. The van der Waals surface area contributed by atoms with Crippen molar-refractivity contribution in [2.75, 3.05) is 17.6 Å². The first-order valence-electron chi connectivity index (χ1n) is 4.86. The number of aromatic nitrogens is 1. The minimum atomic E-state index is -0.538. The lowest BCUT2D eigenvalue weighted by atomic mass is 9.80. The molecule has 76 valence electrons. The second-order valence-electron chi connectivity index (χ2n) is 3.87. The number of pyridine rings is 1. The summed E-state index contributed by atoms with van der Waals surface area (Å²) in [6.45, 7) is 0.536. The van der Waals surface area contributed by atoms with Crippen LogP contribution in [0.4, 0.5) is 11.5 Å². The predicted octanol–water partition coefficient (Wildman–Crippen LogP) is 0.991. The third-order valence-corrected chi connectivity index (χ3v) is 2.71. The van der Waals surface area contributed by atoms with E-state index in [-0.39, 0.29) is 0 Å². The molecule has 4 nitrogen and oxygen atoms in total. The van der Waals surface area contributed by atoms with E-state index in [1.165, 1.54) is 0 Å². The lowest BCUT2D eigenvalue weighted by Gasteiger charge is -2.36. The van der Waals surface area contributed by atoms with Crippen LogP contribution in [0.25, 0.3) is 0 Å². The summed E-state index contributed by atoms with van der Waals surface area (Å²) in [6.07, 6.45) is 4.53. The van der Waals surface area contributed by atoms with E-state index >= 15 is 0 Å². The van der Waals surface area contributed by atoms with E-state index in [9.17, 15) is 5.11 Å². The van der Waals surface area contributed by atoms with Gasteiger partial charge in [-0.3, -0.25) is 0 Å². The van der Waals surface area contributed by atoms with E-state index in [0.29, 0.717) is 18.1 Å². The molecule has 2 rings (SSSR count). The third kappa shape index (κ3) is 1.80. The van der Waals surface area contributed by atoms with Crippen LogP contribution in [0.5, 0.6) is 0 Å². The fourth-order valence-electron chi connectivity index (χ4n) is 1.58. The Kier molecular flexibility index (Phi) is 2.29. The molecule has 1 aliphatic rings. The van der Waals surface area contributed by atoms with Gasteiger partial charge in [0, 0.05) is 12.7 Å². The summed E-state index contributed by atoms with van der Waals surface area (Å²) in [7, 11) is 0. The van der Waals surface area contributed by atoms with Crippen molar-refractivity contribution in [1.29, 1.82) is 0 Å². The predicted molar refractivity (Wildman–Crippen MR) is 55.9 cm³/mol. The Labute approximate surface area is 83.2 Å². The molecule has 14 heavy (non-hydrogen) atoms. The summed E-state index contributed by atoms with van der Waals surface area (Å²) in [5, 5.41) is 12.9. The topological polar surface area (TPSA) is 71.2 Å². The first-order chi connectivity index (χ1) is 6.70. The molecule has 0 aromatic carbocycles. The molecule has 4 N–H and O–H groups in total. The van der Waals surface area contributed by atoms with E-state index in [1.807, 2.05) is 0 Å². The quantitative estimate of drug-likeness (QED) is 0.669. The third-order valence-electron chi connectivity index (χ3n) is 2.71. The summed E-state index contributed by atoms with van der Waals surface area (Å²) in [4.78, 5) is 4.09. The van der Waals surface area contributed by atoms with E-state index < -0.39 is 5.60 Å². The monoisotopic (exact) mass is 193 g/mol. The van der Waals surface area contributed by atoms with Crippen LogP contribution in [0, 0.1) is 0 Å². The van der Waals surface area contributed by atoms with Crippen LogP contribution < -0.4 is 11.1 Å². The number of rotatable bonds is 3. The molecule has 0 aliphatic heterocycles. The number of aliphatic hydroxyl groups is 1. The smallest absolute Gasteiger partial charge is 0.149 e. The largest absolute Gasteiger partial charge is 0.396 e. The van der Waals surface area contributed by atoms with Gasteiger partial charge in [0.1, 0.15) is 5.82 Å². The zero-order valence-electron chi connectivity index (χ0n) is 8.03. The summed E-state index contributed by atoms with van der Waals surface area (Å²) in [6, 6.07) is 3.58. The molecule has 0 amide bonds. The Morgan fingerprint density at radius 1 is 1.57 bits per heavy atom. The van der Waals surface area contributed by atoms with E-state index in [1.54, 1.807) is 18.3 Å². The van der Waals surface area contributed by atoms with Crippen molar-refractivity contribution >= 4 is 11.5 Å². The van der Waals surface area contributed by atoms with Crippen molar-refractivity contribution in [3.05, 3.63) is 18.3 Å². The Bertz CT molecular complexity index is 323. The van der Waals surface area contributed by atoms with Crippen molar-refractivity contribution in [1.82, 2.24) is 4.98 Å². The zero-order chi connectivity index (χ0) is 10.0. The van der Waals surface area contributed by atoms with Crippen LogP contribution in [0.1, 0.15) is 19.3 Å². The molecule has 4 heteroatoms. The number of anilines is 2. The molecule has 1 aromatic rings. The van der Waals surface area contributed by atoms with Crippen LogP contribution >= 0.6 is 0 Å². The molecule has 0 bridgehead atoms. The molecule has 1 fully saturated rings. The van der Waals surface area contributed by atoms with Gasteiger partial charge < -0.3 is 16.2 Å². The zero-order valence-corrected chi connectivity index (χ0v) is 8.03. The van der Waals surface area contributed by atoms with Crippen LogP contribution in [0.2, 0.25) is 0 Å². The average molecular weight is 193 g/mol. The second-order valence-corrected chi connectivity index (χ2v) is 3.87. The second kappa shape index (κ2) is 3.46. The average Bonchev–Trinajstić information content (AvgIpc) is 2.14. The van der Waals surface area contributed by atoms with Gasteiger partial charge in [-0.25, -0.2) is 4.98 Å². The molecule has 1 saturated carbocycles. The maximum absolute atomic E-state index is 9.83. The molecule has 1 heterocycles. The maximum atomic E-state index is 9.83. The van der Waals surface area contributed by atoms with Crippen molar-refractivity contribution in [3.63, 3.8) is 0 Å². The minimum absolute atomic E-state index is 0.536. The SMILES string of the molecule is Nc1cccnc1NCC1(O)CCC1. The number of nitrogen functional groups attached to an aromatic ring is 1. The van der Waals surface area contributed by atoms with Gasteiger partial charge in [0.2, 0.25) is 0 Å². The molecular formula is C10H15N3O. The molecule has 0 unspecified atom stereocenters. The van der Waals surface area contributed by atoms with Gasteiger partial charge in [-0.05, 0) is 31.4 Å². The molecule has 0 saturated heterocycles. The van der Waals surface area contributed by atoms with Crippen molar-refractivity contribution < 1.29 is 5.11 Å². The highest BCUT2D eigenvalue weighted by molar-refractivity contribution is 5.60. The van der Waals surface area contributed by atoms with E-state index in [0.717, 1.165) is 19.3 Å². The van der Waals surface area contributed by atoms with Crippen LogP contribution in [-0.4, -0.2) is 22.2 Å². The fraction of sp³-hybridized carbons (Fsp3) is 0.500. The van der Waals surface area contributed by atoms with Crippen LogP contribution in [-0.2, 0) is 0 Å². The Hall–Kier alpha value is -1.29. The van der Waals surface area contributed by atoms with Crippen molar-refractivity contribution in [2.45, 2.75) is 24.9 Å². The molecule has 1 aliphatic carbocycles. The first kappa shape index (κ1) is 9.27. The summed E-state index contributed by atoms with van der Waals surface area (Å²) < 4.78 is 0. The standard InChI is InChI=1S/C10H15N3O/c11-8-3-1-6-12-9(8)13-7-10(14)4-2-5-10/h1,3,6,14H,2,4-5,7,11H2,(H,12,13). The molecule has 1 aromatic heterocycles. The highest BCUT2D eigenvalue weighted by Gasteiger charge is 2.34. The number of nitrogens with one attached hydrogen (secondary N) is 1. The molecule has 0 radical (unpaired) electrons. The van der Waals surface area contributed by atoms with Gasteiger partial charge in [0.15, 0.2) is 0 Å². The maximum Gasteiger partial charge on any atom is 0.149 e. The highest BCUT2D eigenvalue weighted by atomic mass is 16.3. The molecular weight excluding hydrogens is 178 g/mol. The van der Waals surface area contributed by atoms with Crippen LogP contribution in [0.15, 0.2) is 18.3 Å². The minimum Gasteiger partial charge on any atom is -0.396 e. The fourth-order valence-corrected chi connectivity index (χ4v) is 1.58. The summed E-state index contributed by atoms with van der Waals surface area (Å²) >= 11 is 0. The number of hydrogen-bond donors (Lipinski definition) is 3. The van der Waals surface area contributed by atoms with Gasteiger partial charge in [0.25, 0.3) is 0 Å². The normalized spacial score (nSPS) is 18.6. The molecule has 0 atom stereocenters.